The van der Waals surface area contributed by atoms with Crippen LogP contribution in [-0.2, 0) is 6.54 Å². The fourth-order valence-corrected chi connectivity index (χ4v) is 2.33. The number of phenols is 1. The Hall–Kier alpha value is -0.840. The van der Waals surface area contributed by atoms with Gasteiger partial charge in [-0.05, 0) is 37.1 Å². The molecule has 1 aliphatic heterocycles. The van der Waals surface area contributed by atoms with Gasteiger partial charge in [0, 0.05) is 25.2 Å². The molecule has 0 bridgehead atoms. The molecular weight excluding hydrogens is 243 g/mol. The van der Waals surface area contributed by atoms with Crippen molar-refractivity contribution in [2.24, 2.45) is 5.73 Å². The van der Waals surface area contributed by atoms with Crippen molar-refractivity contribution in [2.45, 2.75) is 25.4 Å². The number of halogens is 2. The molecule has 1 atom stereocenters. The first-order valence-corrected chi connectivity index (χ1v) is 5.61. The van der Waals surface area contributed by atoms with Crippen molar-refractivity contribution in [3.8, 4) is 5.75 Å². The van der Waals surface area contributed by atoms with Gasteiger partial charge < -0.3 is 10.8 Å². The Labute approximate surface area is 107 Å². The van der Waals surface area contributed by atoms with Crippen LogP contribution in [0.4, 0.5) is 4.39 Å². The van der Waals surface area contributed by atoms with Crippen molar-refractivity contribution in [3.63, 3.8) is 0 Å². The van der Waals surface area contributed by atoms with Crippen molar-refractivity contribution >= 4 is 12.4 Å². The van der Waals surface area contributed by atoms with Gasteiger partial charge in [0.25, 0.3) is 0 Å². The maximum absolute atomic E-state index is 13.1. The van der Waals surface area contributed by atoms with Crippen LogP contribution in [0.5, 0.6) is 5.75 Å². The number of nitrogens with zero attached hydrogens (tertiary/aromatic N) is 1. The second kappa shape index (κ2) is 6.19. The zero-order chi connectivity index (χ0) is 11.5. The standard InChI is InChI=1S/C12H17FN2O.ClH/c13-10-4-9(5-12(16)6-10)8-15-3-1-2-11(15)7-14;/h4-6,11,16H,1-3,7-8,14H2;1H. The van der Waals surface area contributed by atoms with E-state index in [4.69, 9.17) is 5.73 Å². The number of hydrogen-bond acceptors (Lipinski definition) is 3. The normalized spacial score (nSPS) is 20.2. The first-order chi connectivity index (χ1) is 7.69. The van der Waals surface area contributed by atoms with Gasteiger partial charge in [0.15, 0.2) is 0 Å². The molecule has 0 aromatic heterocycles. The first-order valence-electron chi connectivity index (χ1n) is 5.61. The summed E-state index contributed by atoms with van der Waals surface area (Å²) in [5.74, 6) is -0.406. The number of likely N-dealkylation sites (tertiary alicyclic amines) is 1. The highest BCUT2D eigenvalue weighted by molar-refractivity contribution is 5.85. The highest BCUT2D eigenvalue weighted by Gasteiger charge is 2.23. The Balaban J connectivity index is 0.00000144. The lowest BCUT2D eigenvalue weighted by Crippen LogP contribution is -2.34. The van der Waals surface area contributed by atoms with Crippen molar-refractivity contribution in [1.29, 1.82) is 0 Å². The third-order valence-corrected chi connectivity index (χ3v) is 3.10. The van der Waals surface area contributed by atoms with Gasteiger partial charge in [-0.15, -0.1) is 12.4 Å². The largest absolute Gasteiger partial charge is 0.508 e. The molecule has 3 N–H and O–H groups in total. The fraction of sp³-hybridized carbons (Fsp3) is 0.500. The number of phenolic OH excluding ortho intramolecular Hbond substituents is 1. The molecule has 1 heterocycles. The smallest absolute Gasteiger partial charge is 0.127 e. The van der Waals surface area contributed by atoms with Gasteiger partial charge in [0.2, 0.25) is 0 Å². The second-order valence-electron chi connectivity index (χ2n) is 4.32. The monoisotopic (exact) mass is 260 g/mol. The Kier molecular flexibility index (Phi) is 5.18. The van der Waals surface area contributed by atoms with Crippen LogP contribution in [-0.4, -0.2) is 29.1 Å². The Morgan fingerprint density at radius 2 is 2.18 bits per heavy atom. The number of hydrogen-bond donors (Lipinski definition) is 2. The third kappa shape index (κ3) is 3.56. The summed E-state index contributed by atoms with van der Waals surface area (Å²) < 4.78 is 13.1. The van der Waals surface area contributed by atoms with Crippen LogP contribution < -0.4 is 5.73 Å². The average molecular weight is 261 g/mol. The summed E-state index contributed by atoms with van der Waals surface area (Å²) in [6.07, 6.45) is 2.25. The molecule has 1 unspecified atom stereocenters. The summed E-state index contributed by atoms with van der Waals surface area (Å²) in [7, 11) is 0. The third-order valence-electron chi connectivity index (χ3n) is 3.10. The van der Waals surface area contributed by atoms with E-state index in [-0.39, 0.29) is 18.2 Å². The molecule has 0 amide bonds. The molecule has 1 aromatic rings. The minimum atomic E-state index is -0.390. The topological polar surface area (TPSA) is 49.5 Å². The lowest BCUT2D eigenvalue weighted by atomic mass is 10.1. The summed E-state index contributed by atoms with van der Waals surface area (Å²) in [6, 6.07) is 4.58. The highest BCUT2D eigenvalue weighted by Crippen LogP contribution is 2.21. The van der Waals surface area contributed by atoms with E-state index in [1.807, 2.05) is 0 Å². The molecule has 96 valence electrons. The molecule has 5 heteroatoms. The highest BCUT2D eigenvalue weighted by atomic mass is 35.5. The van der Waals surface area contributed by atoms with Crippen LogP contribution in [0.25, 0.3) is 0 Å². The van der Waals surface area contributed by atoms with Crippen LogP contribution in [0.2, 0.25) is 0 Å². The number of nitrogens with two attached hydrogens (primary N) is 1. The Morgan fingerprint density at radius 3 is 2.82 bits per heavy atom. The molecule has 1 aliphatic rings. The molecule has 0 saturated carbocycles. The van der Waals surface area contributed by atoms with Crippen molar-refractivity contribution < 1.29 is 9.50 Å². The van der Waals surface area contributed by atoms with E-state index in [2.05, 4.69) is 4.90 Å². The van der Waals surface area contributed by atoms with Crippen LogP contribution in [0, 0.1) is 5.82 Å². The first kappa shape index (κ1) is 14.2. The number of rotatable bonds is 3. The lowest BCUT2D eigenvalue weighted by molar-refractivity contribution is 0.249. The molecule has 1 saturated heterocycles. The summed E-state index contributed by atoms with van der Waals surface area (Å²) >= 11 is 0. The van der Waals surface area contributed by atoms with E-state index in [1.165, 1.54) is 6.07 Å². The van der Waals surface area contributed by atoms with Crippen LogP contribution in [0.1, 0.15) is 18.4 Å². The molecule has 0 spiro atoms. The average Bonchev–Trinajstić information content (AvgIpc) is 2.63. The Morgan fingerprint density at radius 1 is 1.41 bits per heavy atom. The van der Waals surface area contributed by atoms with Gasteiger partial charge in [-0.3, -0.25) is 4.90 Å². The summed E-state index contributed by atoms with van der Waals surface area (Å²) in [6.45, 7) is 2.30. The molecular formula is C12H18ClFN2O. The maximum Gasteiger partial charge on any atom is 0.127 e. The van der Waals surface area contributed by atoms with Crippen LogP contribution in [0.3, 0.4) is 0 Å². The number of benzene rings is 1. The predicted octanol–water partition coefficient (Wildman–Crippen LogP) is 1.88. The van der Waals surface area contributed by atoms with E-state index in [1.54, 1.807) is 6.07 Å². The summed E-state index contributed by atoms with van der Waals surface area (Å²) in [4.78, 5) is 2.24. The molecule has 2 rings (SSSR count). The van der Waals surface area contributed by atoms with Crippen molar-refractivity contribution in [1.82, 2.24) is 4.90 Å². The van der Waals surface area contributed by atoms with Gasteiger partial charge in [-0.1, -0.05) is 0 Å². The lowest BCUT2D eigenvalue weighted by Gasteiger charge is -2.23. The minimum Gasteiger partial charge on any atom is -0.508 e. The zero-order valence-electron chi connectivity index (χ0n) is 9.60. The molecule has 1 aromatic carbocycles. The molecule has 0 aliphatic carbocycles. The minimum absolute atomic E-state index is 0. The van der Waals surface area contributed by atoms with Crippen molar-refractivity contribution in [3.05, 3.63) is 29.6 Å². The van der Waals surface area contributed by atoms with Gasteiger partial charge in [0.1, 0.15) is 11.6 Å². The quantitative estimate of drug-likeness (QED) is 0.873. The van der Waals surface area contributed by atoms with E-state index in [0.29, 0.717) is 19.1 Å². The van der Waals surface area contributed by atoms with E-state index < -0.39 is 5.82 Å². The van der Waals surface area contributed by atoms with Crippen LogP contribution >= 0.6 is 12.4 Å². The molecule has 1 fully saturated rings. The fourth-order valence-electron chi connectivity index (χ4n) is 2.33. The van der Waals surface area contributed by atoms with Crippen LogP contribution in [0.15, 0.2) is 18.2 Å². The SMILES string of the molecule is Cl.NCC1CCCN1Cc1cc(O)cc(F)c1. The molecule has 0 radical (unpaired) electrons. The summed E-state index contributed by atoms with van der Waals surface area (Å²) in [5, 5.41) is 9.31. The van der Waals surface area contributed by atoms with E-state index in [9.17, 15) is 9.50 Å². The van der Waals surface area contributed by atoms with Gasteiger partial charge in [-0.2, -0.15) is 0 Å². The second-order valence-corrected chi connectivity index (χ2v) is 4.32. The molecule has 3 nitrogen and oxygen atoms in total. The maximum atomic E-state index is 13.1. The van der Waals surface area contributed by atoms with Gasteiger partial charge >= 0.3 is 0 Å². The van der Waals surface area contributed by atoms with Crippen molar-refractivity contribution in [2.75, 3.05) is 13.1 Å². The van der Waals surface area contributed by atoms with Gasteiger partial charge in [-0.25, -0.2) is 4.39 Å². The molecule has 17 heavy (non-hydrogen) atoms. The Bertz CT molecular complexity index is 355. The number of aromatic hydroxyl groups is 1. The van der Waals surface area contributed by atoms with Gasteiger partial charge in [0.05, 0.1) is 0 Å². The van der Waals surface area contributed by atoms with E-state index >= 15 is 0 Å². The van der Waals surface area contributed by atoms with E-state index in [0.717, 1.165) is 31.0 Å². The summed E-state index contributed by atoms with van der Waals surface area (Å²) in [5.41, 5.74) is 6.48. The zero-order valence-corrected chi connectivity index (χ0v) is 10.4. The predicted molar refractivity (Wildman–Crippen MR) is 67.8 cm³/mol.